The summed E-state index contributed by atoms with van der Waals surface area (Å²) in [4.78, 5) is 25.4. The summed E-state index contributed by atoms with van der Waals surface area (Å²) in [5.41, 5.74) is 0.547. The van der Waals surface area contributed by atoms with E-state index in [-0.39, 0.29) is 12.5 Å². The molecule has 0 saturated heterocycles. The minimum absolute atomic E-state index is 0.107. The molecule has 0 radical (unpaired) electrons. The zero-order valence-electron chi connectivity index (χ0n) is 10.1. The van der Waals surface area contributed by atoms with Crippen LogP contribution in [0.4, 0.5) is 11.6 Å². The first-order chi connectivity index (χ1) is 8.65. The number of carbonyl (C=O) groups is 1. The number of nitrogens with zero attached hydrogens (tertiary/aromatic N) is 6. The summed E-state index contributed by atoms with van der Waals surface area (Å²) >= 11 is 0. The summed E-state index contributed by atoms with van der Waals surface area (Å²) < 4.78 is 1.43. The first kappa shape index (κ1) is 12.0. The molecule has 8 heteroatoms. The lowest BCUT2D eigenvalue weighted by Gasteiger charge is -2.10. The third kappa shape index (κ3) is 3.00. The number of rotatable bonds is 4. The van der Waals surface area contributed by atoms with E-state index in [9.17, 15) is 4.79 Å². The fraction of sp³-hybridized carbons (Fsp3) is 0.300. The molecule has 1 N–H and O–H groups in total. The van der Waals surface area contributed by atoms with Crippen molar-refractivity contribution in [2.45, 2.75) is 6.54 Å². The van der Waals surface area contributed by atoms with Crippen molar-refractivity contribution < 1.29 is 4.79 Å². The standard InChI is InChI=1S/C10H13N7O/c1-16(2)10-12-3-8(4-13-10)15-9(18)5-17-7-11-6-14-17/h3-4,6-7H,5H2,1-2H3,(H,15,18). The van der Waals surface area contributed by atoms with Crippen LogP contribution in [0.2, 0.25) is 0 Å². The number of amides is 1. The lowest BCUT2D eigenvalue weighted by atomic mass is 10.5. The lowest BCUT2D eigenvalue weighted by Crippen LogP contribution is -2.19. The number of hydrogen-bond donors (Lipinski definition) is 1. The van der Waals surface area contributed by atoms with Crippen molar-refractivity contribution in [1.29, 1.82) is 0 Å². The van der Waals surface area contributed by atoms with Gasteiger partial charge in [0.15, 0.2) is 0 Å². The van der Waals surface area contributed by atoms with E-state index >= 15 is 0 Å². The van der Waals surface area contributed by atoms with Gasteiger partial charge in [0.1, 0.15) is 19.2 Å². The zero-order valence-corrected chi connectivity index (χ0v) is 10.1. The Morgan fingerprint density at radius 1 is 1.39 bits per heavy atom. The Labute approximate surface area is 104 Å². The minimum Gasteiger partial charge on any atom is -0.347 e. The average Bonchev–Trinajstić information content (AvgIpc) is 2.82. The maximum absolute atomic E-state index is 11.6. The minimum atomic E-state index is -0.207. The second kappa shape index (κ2) is 5.21. The normalized spacial score (nSPS) is 10.1. The van der Waals surface area contributed by atoms with E-state index in [2.05, 4.69) is 25.4 Å². The van der Waals surface area contributed by atoms with Gasteiger partial charge in [0.25, 0.3) is 0 Å². The maximum Gasteiger partial charge on any atom is 0.246 e. The molecule has 0 atom stereocenters. The third-order valence-electron chi connectivity index (χ3n) is 2.09. The van der Waals surface area contributed by atoms with Crippen molar-refractivity contribution >= 4 is 17.5 Å². The summed E-state index contributed by atoms with van der Waals surface area (Å²) in [6, 6.07) is 0. The van der Waals surface area contributed by atoms with Gasteiger partial charge in [-0.25, -0.2) is 19.6 Å². The van der Waals surface area contributed by atoms with Crippen LogP contribution in [0.3, 0.4) is 0 Å². The summed E-state index contributed by atoms with van der Waals surface area (Å²) in [5, 5.41) is 6.52. The van der Waals surface area contributed by atoms with Gasteiger partial charge in [-0.3, -0.25) is 4.79 Å². The van der Waals surface area contributed by atoms with Crippen LogP contribution >= 0.6 is 0 Å². The molecule has 2 aromatic rings. The highest BCUT2D eigenvalue weighted by atomic mass is 16.2. The molecule has 0 saturated carbocycles. The Morgan fingerprint density at radius 2 is 2.11 bits per heavy atom. The Hall–Kier alpha value is -2.51. The number of carbonyl (C=O) groups excluding carboxylic acids is 1. The van der Waals surface area contributed by atoms with Crippen LogP contribution in [0, 0.1) is 0 Å². The van der Waals surface area contributed by atoms with Crippen LogP contribution in [-0.4, -0.2) is 44.7 Å². The van der Waals surface area contributed by atoms with E-state index in [4.69, 9.17) is 0 Å². The van der Waals surface area contributed by atoms with Gasteiger partial charge in [-0.15, -0.1) is 0 Å². The Bertz CT molecular complexity index is 506. The Morgan fingerprint density at radius 3 is 2.67 bits per heavy atom. The molecule has 0 fully saturated rings. The van der Waals surface area contributed by atoms with E-state index in [1.807, 2.05) is 14.1 Å². The third-order valence-corrected chi connectivity index (χ3v) is 2.09. The number of hydrogen-bond acceptors (Lipinski definition) is 6. The predicted octanol–water partition coefficient (Wildman–Crippen LogP) is -0.227. The molecular weight excluding hydrogens is 234 g/mol. The molecule has 2 heterocycles. The summed E-state index contributed by atoms with van der Waals surface area (Å²) in [6.45, 7) is 0.107. The highest BCUT2D eigenvalue weighted by Crippen LogP contribution is 2.07. The molecule has 0 unspecified atom stereocenters. The van der Waals surface area contributed by atoms with Gasteiger partial charge in [-0.1, -0.05) is 0 Å². The van der Waals surface area contributed by atoms with Crippen molar-refractivity contribution in [3.63, 3.8) is 0 Å². The van der Waals surface area contributed by atoms with Crippen molar-refractivity contribution in [3.05, 3.63) is 25.0 Å². The van der Waals surface area contributed by atoms with E-state index in [0.717, 1.165) is 0 Å². The molecule has 0 aliphatic heterocycles. The molecule has 0 aliphatic rings. The number of anilines is 2. The molecular formula is C10H13N7O. The molecule has 0 bridgehead atoms. The number of nitrogens with one attached hydrogen (secondary N) is 1. The number of aromatic nitrogens is 5. The molecule has 8 nitrogen and oxygen atoms in total. The van der Waals surface area contributed by atoms with Gasteiger partial charge >= 0.3 is 0 Å². The molecule has 0 spiro atoms. The predicted molar refractivity (Wildman–Crippen MR) is 65.0 cm³/mol. The van der Waals surface area contributed by atoms with Gasteiger partial charge in [0.2, 0.25) is 11.9 Å². The Kier molecular flexibility index (Phi) is 3.46. The van der Waals surface area contributed by atoms with E-state index in [1.54, 1.807) is 17.3 Å². The second-order valence-corrected chi connectivity index (χ2v) is 3.81. The van der Waals surface area contributed by atoms with Crippen molar-refractivity contribution in [2.75, 3.05) is 24.3 Å². The quantitative estimate of drug-likeness (QED) is 0.803. The van der Waals surface area contributed by atoms with E-state index in [0.29, 0.717) is 11.6 Å². The van der Waals surface area contributed by atoms with Crippen LogP contribution < -0.4 is 10.2 Å². The maximum atomic E-state index is 11.6. The summed E-state index contributed by atoms with van der Waals surface area (Å²) in [6.07, 6.45) is 5.97. The topological polar surface area (TPSA) is 88.8 Å². The molecule has 0 aromatic carbocycles. The van der Waals surface area contributed by atoms with Gasteiger partial charge < -0.3 is 10.2 Å². The van der Waals surface area contributed by atoms with Gasteiger partial charge in [0, 0.05) is 14.1 Å². The molecule has 2 aromatic heterocycles. The Balaban J connectivity index is 1.95. The lowest BCUT2D eigenvalue weighted by molar-refractivity contribution is -0.116. The molecule has 94 valence electrons. The van der Waals surface area contributed by atoms with Gasteiger partial charge in [-0.05, 0) is 0 Å². The molecule has 18 heavy (non-hydrogen) atoms. The fourth-order valence-electron chi connectivity index (χ4n) is 1.28. The monoisotopic (exact) mass is 247 g/mol. The molecule has 1 amide bonds. The van der Waals surface area contributed by atoms with Crippen molar-refractivity contribution in [2.24, 2.45) is 0 Å². The highest BCUT2D eigenvalue weighted by Gasteiger charge is 2.05. The largest absolute Gasteiger partial charge is 0.347 e. The molecule has 0 aliphatic carbocycles. The summed E-state index contributed by atoms with van der Waals surface area (Å²) in [5.74, 6) is 0.381. The highest BCUT2D eigenvalue weighted by molar-refractivity contribution is 5.90. The molecule has 2 rings (SSSR count). The first-order valence-corrected chi connectivity index (χ1v) is 5.27. The smallest absolute Gasteiger partial charge is 0.246 e. The van der Waals surface area contributed by atoms with Crippen LogP contribution in [0.15, 0.2) is 25.0 Å². The van der Waals surface area contributed by atoms with Crippen LogP contribution in [0.25, 0.3) is 0 Å². The average molecular weight is 247 g/mol. The SMILES string of the molecule is CN(C)c1ncc(NC(=O)Cn2cncn2)cn1. The van der Waals surface area contributed by atoms with Crippen LogP contribution in [0.5, 0.6) is 0 Å². The zero-order chi connectivity index (χ0) is 13.0. The van der Waals surface area contributed by atoms with Crippen LogP contribution in [-0.2, 0) is 11.3 Å². The second-order valence-electron chi connectivity index (χ2n) is 3.81. The van der Waals surface area contributed by atoms with E-state index in [1.165, 1.54) is 17.3 Å². The van der Waals surface area contributed by atoms with E-state index < -0.39 is 0 Å². The fourth-order valence-corrected chi connectivity index (χ4v) is 1.28. The summed E-state index contributed by atoms with van der Waals surface area (Å²) in [7, 11) is 3.69. The first-order valence-electron chi connectivity index (χ1n) is 5.27. The van der Waals surface area contributed by atoms with Crippen molar-refractivity contribution in [1.82, 2.24) is 24.7 Å². The van der Waals surface area contributed by atoms with Gasteiger partial charge in [0.05, 0.1) is 18.1 Å². The van der Waals surface area contributed by atoms with Gasteiger partial charge in [-0.2, -0.15) is 5.10 Å². The van der Waals surface area contributed by atoms with Crippen LogP contribution in [0.1, 0.15) is 0 Å². The van der Waals surface area contributed by atoms with Crippen molar-refractivity contribution in [3.8, 4) is 0 Å².